The predicted molar refractivity (Wildman–Crippen MR) is 83.6 cm³/mol. The van der Waals surface area contributed by atoms with Gasteiger partial charge >= 0.3 is 0 Å². The minimum atomic E-state index is 0.216. The van der Waals surface area contributed by atoms with Crippen LogP contribution in [-0.4, -0.2) is 24.5 Å². The van der Waals surface area contributed by atoms with Gasteiger partial charge < -0.3 is 10.5 Å². The van der Waals surface area contributed by atoms with E-state index in [2.05, 4.69) is 38.1 Å². The van der Waals surface area contributed by atoms with E-state index >= 15 is 0 Å². The van der Waals surface area contributed by atoms with Gasteiger partial charge in [0.05, 0.1) is 6.10 Å². The molecule has 3 atom stereocenters. The van der Waals surface area contributed by atoms with E-state index in [1.165, 1.54) is 24.0 Å². The van der Waals surface area contributed by atoms with Crippen LogP contribution in [0.1, 0.15) is 42.6 Å². The highest BCUT2D eigenvalue weighted by Crippen LogP contribution is 2.34. The predicted octanol–water partition coefficient (Wildman–Crippen LogP) is 3.69. The first-order chi connectivity index (χ1) is 9.20. The van der Waals surface area contributed by atoms with Crippen molar-refractivity contribution in [3.8, 4) is 0 Å². The molecule has 2 rings (SSSR count). The summed E-state index contributed by atoms with van der Waals surface area (Å²) in [6.45, 7) is 5.24. The molecule has 3 heteroatoms. The van der Waals surface area contributed by atoms with Crippen molar-refractivity contribution in [1.29, 1.82) is 0 Å². The summed E-state index contributed by atoms with van der Waals surface area (Å²) in [7, 11) is 0. The van der Waals surface area contributed by atoms with Crippen molar-refractivity contribution < 1.29 is 4.74 Å². The fourth-order valence-corrected chi connectivity index (χ4v) is 3.98. The first-order valence-corrected chi connectivity index (χ1v) is 8.31. The van der Waals surface area contributed by atoms with E-state index in [-0.39, 0.29) is 6.04 Å². The number of hydrogen-bond acceptors (Lipinski definition) is 3. The molecule has 1 heterocycles. The van der Waals surface area contributed by atoms with Crippen LogP contribution in [0.5, 0.6) is 0 Å². The molecule has 2 N–H and O–H groups in total. The monoisotopic (exact) mass is 279 g/mol. The molecule has 0 radical (unpaired) electrons. The van der Waals surface area contributed by atoms with Gasteiger partial charge in [-0.15, -0.1) is 11.8 Å². The third kappa shape index (κ3) is 4.23. The van der Waals surface area contributed by atoms with Gasteiger partial charge in [-0.2, -0.15) is 0 Å². The molecule has 1 aliphatic rings. The minimum Gasteiger partial charge on any atom is -0.377 e. The van der Waals surface area contributed by atoms with Crippen LogP contribution >= 0.6 is 11.8 Å². The normalized spacial score (nSPS) is 22.4. The molecule has 0 bridgehead atoms. The smallest absolute Gasteiger partial charge is 0.0666 e. The largest absolute Gasteiger partial charge is 0.377 e. The van der Waals surface area contributed by atoms with E-state index in [9.17, 15) is 0 Å². The summed E-state index contributed by atoms with van der Waals surface area (Å²) in [5.74, 6) is 1.06. The van der Waals surface area contributed by atoms with E-state index < -0.39 is 0 Å². The van der Waals surface area contributed by atoms with E-state index in [4.69, 9.17) is 10.5 Å². The number of benzene rings is 1. The van der Waals surface area contributed by atoms with Crippen molar-refractivity contribution in [2.24, 2.45) is 5.73 Å². The van der Waals surface area contributed by atoms with Crippen LogP contribution in [0.2, 0.25) is 0 Å². The van der Waals surface area contributed by atoms with Crippen LogP contribution < -0.4 is 5.73 Å². The van der Waals surface area contributed by atoms with Gasteiger partial charge in [0.2, 0.25) is 0 Å². The average Bonchev–Trinajstić information content (AvgIpc) is 2.92. The van der Waals surface area contributed by atoms with Gasteiger partial charge in [0.15, 0.2) is 0 Å². The molecule has 3 unspecified atom stereocenters. The molecule has 19 heavy (non-hydrogen) atoms. The Morgan fingerprint density at radius 2 is 2.32 bits per heavy atom. The molecule has 1 aromatic carbocycles. The van der Waals surface area contributed by atoms with E-state index in [0.717, 1.165) is 18.8 Å². The van der Waals surface area contributed by atoms with Crippen LogP contribution in [0.25, 0.3) is 0 Å². The fourth-order valence-electron chi connectivity index (χ4n) is 2.51. The van der Waals surface area contributed by atoms with Gasteiger partial charge in [-0.3, -0.25) is 0 Å². The zero-order chi connectivity index (χ0) is 13.7. The molecule has 0 spiro atoms. The Balaban J connectivity index is 2.02. The topological polar surface area (TPSA) is 35.2 Å². The second kappa shape index (κ2) is 7.32. The number of rotatable bonds is 6. The molecule has 106 valence electrons. The molecule has 2 nitrogen and oxygen atoms in total. The van der Waals surface area contributed by atoms with Gasteiger partial charge in [-0.05, 0) is 31.7 Å². The summed E-state index contributed by atoms with van der Waals surface area (Å²) in [6.07, 6.45) is 3.85. The molecule has 1 saturated heterocycles. The lowest BCUT2D eigenvalue weighted by atomic mass is 10.0. The number of hydrogen-bond donors (Lipinski definition) is 1. The number of nitrogens with two attached hydrogens (primary N) is 1. The van der Waals surface area contributed by atoms with Crippen molar-refractivity contribution in [2.45, 2.75) is 50.5 Å². The SMILES string of the molecule is CCC(N)C(SCC1CCCO1)c1cccc(C)c1. The van der Waals surface area contributed by atoms with E-state index in [0.29, 0.717) is 11.4 Å². The van der Waals surface area contributed by atoms with Gasteiger partial charge in [-0.25, -0.2) is 0 Å². The van der Waals surface area contributed by atoms with Gasteiger partial charge in [-0.1, -0.05) is 36.8 Å². The summed E-state index contributed by atoms with van der Waals surface area (Å²) < 4.78 is 5.71. The lowest BCUT2D eigenvalue weighted by molar-refractivity contribution is 0.128. The van der Waals surface area contributed by atoms with Gasteiger partial charge in [0.1, 0.15) is 0 Å². The first-order valence-electron chi connectivity index (χ1n) is 7.26. The molecule has 0 aliphatic carbocycles. The average molecular weight is 279 g/mol. The Hall–Kier alpha value is -0.510. The highest BCUT2D eigenvalue weighted by atomic mass is 32.2. The van der Waals surface area contributed by atoms with Crippen molar-refractivity contribution in [3.05, 3.63) is 35.4 Å². The maximum Gasteiger partial charge on any atom is 0.0666 e. The van der Waals surface area contributed by atoms with E-state index in [1.807, 2.05) is 11.8 Å². The molecular weight excluding hydrogens is 254 g/mol. The number of ether oxygens (including phenoxy) is 1. The van der Waals surface area contributed by atoms with Gasteiger partial charge in [0.25, 0.3) is 0 Å². The second-order valence-electron chi connectivity index (χ2n) is 5.38. The standard InChI is InChI=1S/C16H25NOS/c1-3-15(17)16(13-7-4-6-12(2)10-13)19-11-14-8-5-9-18-14/h4,6-7,10,14-16H,3,5,8-9,11,17H2,1-2H3. The summed E-state index contributed by atoms with van der Waals surface area (Å²) in [4.78, 5) is 0. The van der Waals surface area contributed by atoms with Crippen molar-refractivity contribution in [3.63, 3.8) is 0 Å². The Morgan fingerprint density at radius 1 is 1.47 bits per heavy atom. The summed E-state index contributed by atoms with van der Waals surface area (Å²) >= 11 is 1.96. The van der Waals surface area contributed by atoms with Crippen LogP contribution in [-0.2, 0) is 4.74 Å². The molecule has 0 aromatic heterocycles. The fraction of sp³-hybridized carbons (Fsp3) is 0.625. The molecule has 0 amide bonds. The maximum atomic E-state index is 6.32. The molecular formula is C16H25NOS. The van der Waals surface area contributed by atoms with Crippen molar-refractivity contribution in [1.82, 2.24) is 0 Å². The Bertz CT molecular complexity index is 390. The zero-order valence-electron chi connectivity index (χ0n) is 12.0. The zero-order valence-corrected chi connectivity index (χ0v) is 12.8. The van der Waals surface area contributed by atoms with Crippen molar-refractivity contribution in [2.75, 3.05) is 12.4 Å². The summed E-state index contributed by atoms with van der Waals surface area (Å²) in [6, 6.07) is 8.96. The lowest BCUT2D eigenvalue weighted by Gasteiger charge is -2.24. The highest BCUT2D eigenvalue weighted by Gasteiger charge is 2.23. The molecule has 1 fully saturated rings. The van der Waals surface area contributed by atoms with Crippen molar-refractivity contribution >= 4 is 11.8 Å². The van der Waals surface area contributed by atoms with Crippen LogP contribution in [0, 0.1) is 6.92 Å². The Morgan fingerprint density at radius 3 is 2.95 bits per heavy atom. The molecule has 1 aliphatic heterocycles. The molecule has 1 aromatic rings. The van der Waals surface area contributed by atoms with Crippen LogP contribution in [0.15, 0.2) is 24.3 Å². The van der Waals surface area contributed by atoms with Crippen LogP contribution in [0.3, 0.4) is 0 Å². The van der Waals surface area contributed by atoms with Gasteiger partial charge in [0, 0.05) is 23.7 Å². The highest BCUT2D eigenvalue weighted by molar-refractivity contribution is 7.99. The third-order valence-corrected chi connectivity index (χ3v) is 5.26. The Labute approximate surface area is 121 Å². The first kappa shape index (κ1) is 14.9. The quantitative estimate of drug-likeness (QED) is 0.862. The number of thioether (sulfide) groups is 1. The minimum absolute atomic E-state index is 0.216. The van der Waals surface area contributed by atoms with E-state index in [1.54, 1.807) is 0 Å². The summed E-state index contributed by atoms with van der Waals surface area (Å²) in [5.41, 5.74) is 8.99. The Kier molecular flexibility index (Phi) is 5.74. The maximum absolute atomic E-state index is 6.32. The number of aryl methyl sites for hydroxylation is 1. The lowest BCUT2D eigenvalue weighted by Crippen LogP contribution is -2.27. The third-order valence-electron chi connectivity index (χ3n) is 3.72. The second-order valence-corrected chi connectivity index (χ2v) is 6.55. The van der Waals surface area contributed by atoms with Crippen LogP contribution in [0.4, 0.5) is 0 Å². The molecule has 0 saturated carbocycles. The summed E-state index contributed by atoms with van der Waals surface area (Å²) in [5, 5.41) is 0.383.